The summed E-state index contributed by atoms with van der Waals surface area (Å²) in [6.07, 6.45) is 1.06. The lowest BCUT2D eigenvalue weighted by Gasteiger charge is -2.00. The lowest BCUT2D eigenvalue weighted by Crippen LogP contribution is -1.80. The Morgan fingerprint density at radius 1 is 1.14 bits per heavy atom. The fourth-order valence-electron chi connectivity index (χ4n) is 1.53. The molecule has 1 nitrogen and oxygen atoms in total. The number of benzene rings is 1. The first-order chi connectivity index (χ1) is 6.79. The first-order valence-corrected chi connectivity index (χ1v) is 4.95. The van der Waals surface area contributed by atoms with Crippen LogP contribution in [0.1, 0.15) is 18.2 Å². The largest absolute Gasteiger partial charge is 0.461 e. The van der Waals surface area contributed by atoms with Crippen molar-refractivity contribution < 1.29 is 4.42 Å². The summed E-state index contributed by atoms with van der Waals surface area (Å²) < 4.78 is 5.57. The molecule has 72 valence electrons. The molecule has 0 N–H and O–H groups in total. The Kier molecular flexibility index (Phi) is 2.40. The lowest BCUT2D eigenvalue weighted by molar-refractivity contribution is 0.548. The van der Waals surface area contributed by atoms with E-state index in [4.69, 9.17) is 4.42 Å². The van der Waals surface area contributed by atoms with Crippen molar-refractivity contribution in [3.63, 3.8) is 0 Å². The van der Waals surface area contributed by atoms with E-state index in [9.17, 15) is 0 Å². The van der Waals surface area contributed by atoms with E-state index in [-0.39, 0.29) is 0 Å². The predicted molar refractivity (Wildman–Crippen MR) is 58.3 cm³/mol. The van der Waals surface area contributed by atoms with Crippen LogP contribution in [0.3, 0.4) is 0 Å². The maximum Gasteiger partial charge on any atom is 0.134 e. The average Bonchev–Trinajstić information content (AvgIpc) is 2.65. The van der Waals surface area contributed by atoms with Gasteiger partial charge in [-0.2, -0.15) is 0 Å². The third-order valence-corrected chi connectivity index (χ3v) is 2.36. The molecule has 0 fully saturated rings. The van der Waals surface area contributed by atoms with Gasteiger partial charge in [-0.3, -0.25) is 0 Å². The molecule has 0 atom stereocenters. The number of hydrogen-bond donors (Lipinski definition) is 0. The van der Waals surface area contributed by atoms with Crippen molar-refractivity contribution in [1.29, 1.82) is 0 Å². The molecule has 0 bridgehead atoms. The average molecular weight is 186 g/mol. The number of hydrogen-bond acceptors (Lipinski definition) is 1. The lowest BCUT2D eigenvalue weighted by atomic mass is 10.1. The van der Waals surface area contributed by atoms with Crippen LogP contribution in [0.2, 0.25) is 0 Å². The third-order valence-electron chi connectivity index (χ3n) is 2.36. The maximum absolute atomic E-state index is 5.57. The van der Waals surface area contributed by atoms with E-state index in [1.807, 2.05) is 19.1 Å². The zero-order valence-electron chi connectivity index (χ0n) is 8.58. The van der Waals surface area contributed by atoms with Gasteiger partial charge in [-0.05, 0) is 37.1 Å². The molecular weight excluding hydrogens is 172 g/mol. The molecule has 0 unspecified atom stereocenters. The van der Waals surface area contributed by atoms with Gasteiger partial charge in [-0.25, -0.2) is 0 Å². The summed E-state index contributed by atoms with van der Waals surface area (Å²) in [7, 11) is 0. The Morgan fingerprint density at radius 2 is 2.00 bits per heavy atom. The molecular formula is C13H14O. The van der Waals surface area contributed by atoms with Crippen molar-refractivity contribution in [3.8, 4) is 11.3 Å². The van der Waals surface area contributed by atoms with Crippen LogP contribution in [0, 0.1) is 6.92 Å². The van der Waals surface area contributed by atoms with Gasteiger partial charge in [0.05, 0.1) is 0 Å². The van der Waals surface area contributed by atoms with Crippen molar-refractivity contribution >= 4 is 0 Å². The highest BCUT2D eigenvalue weighted by Gasteiger charge is 2.02. The smallest absolute Gasteiger partial charge is 0.134 e. The van der Waals surface area contributed by atoms with E-state index in [1.54, 1.807) is 0 Å². The molecule has 0 aliphatic heterocycles. The molecule has 1 heteroatoms. The van der Waals surface area contributed by atoms with Gasteiger partial charge in [-0.15, -0.1) is 0 Å². The topological polar surface area (TPSA) is 13.1 Å². The van der Waals surface area contributed by atoms with Crippen molar-refractivity contribution in [2.24, 2.45) is 0 Å². The van der Waals surface area contributed by atoms with Gasteiger partial charge >= 0.3 is 0 Å². The predicted octanol–water partition coefficient (Wildman–Crippen LogP) is 3.82. The van der Waals surface area contributed by atoms with Crippen molar-refractivity contribution in [3.05, 3.63) is 47.7 Å². The highest BCUT2D eigenvalue weighted by Crippen LogP contribution is 2.22. The first kappa shape index (κ1) is 9.07. The molecule has 0 aliphatic carbocycles. The van der Waals surface area contributed by atoms with E-state index in [2.05, 4.69) is 31.2 Å². The summed E-state index contributed by atoms with van der Waals surface area (Å²) in [4.78, 5) is 0. The summed E-state index contributed by atoms with van der Waals surface area (Å²) >= 11 is 0. The van der Waals surface area contributed by atoms with Crippen LogP contribution < -0.4 is 0 Å². The number of furan rings is 1. The summed E-state index contributed by atoms with van der Waals surface area (Å²) in [6.45, 7) is 4.12. The fourth-order valence-corrected chi connectivity index (χ4v) is 1.53. The highest BCUT2D eigenvalue weighted by atomic mass is 16.3. The molecule has 0 amide bonds. The molecule has 0 radical (unpaired) electrons. The van der Waals surface area contributed by atoms with Crippen LogP contribution in [-0.2, 0) is 6.42 Å². The molecule has 1 heterocycles. The van der Waals surface area contributed by atoms with E-state index in [1.165, 1.54) is 5.56 Å². The Morgan fingerprint density at radius 3 is 2.64 bits per heavy atom. The van der Waals surface area contributed by atoms with Crippen molar-refractivity contribution in [2.75, 3.05) is 0 Å². The van der Waals surface area contributed by atoms with Crippen LogP contribution >= 0.6 is 0 Å². The Balaban J connectivity index is 2.41. The monoisotopic (exact) mass is 186 g/mol. The summed E-state index contributed by atoms with van der Waals surface area (Å²) in [6, 6.07) is 12.5. The van der Waals surface area contributed by atoms with E-state index < -0.39 is 0 Å². The zero-order valence-corrected chi connectivity index (χ0v) is 8.58. The maximum atomic E-state index is 5.57. The van der Waals surface area contributed by atoms with E-state index >= 15 is 0 Å². The van der Waals surface area contributed by atoms with E-state index in [0.717, 1.165) is 23.5 Å². The Hall–Kier alpha value is -1.50. The zero-order chi connectivity index (χ0) is 9.97. The molecule has 2 rings (SSSR count). The van der Waals surface area contributed by atoms with Crippen LogP contribution in [-0.4, -0.2) is 0 Å². The molecule has 1 aromatic heterocycles. The normalized spacial score (nSPS) is 10.4. The van der Waals surface area contributed by atoms with Crippen LogP contribution in [0.4, 0.5) is 0 Å². The minimum absolute atomic E-state index is 0.956. The minimum Gasteiger partial charge on any atom is -0.461 e. The van der Waals surface area contributed by atoms with Gasteiger partial charge in [-0.1, -0.05) is 25.1 Å². The summed E-state index contributed by atoms with van der Waals surface area (Å²) in [5, 5.41) is 0. The van der Waals surface area contributed by atoms with Crippen LogP contribution in [0.5, 0.6) is 0 Å². The highest BCUT2D eigenvalue weighted by molar-refractivity contribution is 5.58. The second-order valence-corrected chi connectivity index (χ2v) is 3.46. The molecule has 0 aliphatic rings. The van der Waals surface area contributed by atoms with Gasteiger partial charge in [0.25, 0.3) is 0 Å². The Labute approximate surface area is 84.4 Å². The quantitative estimate of drug-likeness (QED) is 0.695. The van der Waals surface area contributed by atoms with Crippen molar-refractivity contribution in [1.82, 2.24) is 0 Å². The minimum atomic E-state index is 0.956. The molecule has 2 aromatic rings. The molecule has 0 spiro atoms. The van der Waals surface area contributed by atoms with Gasteiger partial charge in [0.2, 0.25) is 0 Å². The summed E-state index contributed by atoms with van der Waals surface area (Å²) in [5.74, 6) is 1.92. The molecule has 0 saturated heterocycles. The van der Waals surface area contributed by atoms with E-state index in [0.29, 0.717) is 0 Å². The first-order valence-electron chi connectivity index (χ1n) is 4.95. The molecule has 0 saturated carbocycles. The summed E-state index contributed by atoms with van der Waals surface area (Å²) in [5.41, 5.74) is 2.51. The van der Waals surface area contributed by atoms with Crippen molar-refractivity contribution in [2.45, 2.75) is 20.3 Å². The number of rotatable bonds is 2. The van der Waals surface area contributed by atoms with Crippen LogP contribution in [0.25, 0.3) is 11.3 Å². The van der Waals surface area contributed by atoms with Crippen LogP contribution in [0.15, 0.2) is 40.8 Å². The third kappa shape index (κ3) is 1.72. The fraction of sp³-hybridized carbons (Fsp3) is 0.231. The van der Waals surface area contributed by atoms with Gasteiger partial charge in [0.15, 0.2) is 0 Å². The standard InChI is InChI=1S/C13H14O/c1-3-11-5-4-6-12(9-11)13-8-7-10(2)14-13/h4-9H,3H2,1-2H3. The Bertz CT molecular complexity index is 426. The van der Waals surface area contributed by atoms with Gasteiger partial charge in [0.1, 0.15) is 11.5 Å². The van der Waals surface area contributed by atoms with Gasteiger partial charge < -0.3 is 4.42 Å². The molecule has 1 aromatic carbocycles. The second kappa shape index (κ2) is 3.70. The SMILES string of the molecule is CCc1cccc(-c2ccc(C)o2)c1. The second-order valence-electron chi connectivity index (χ2n) is 3.46. The molecule has 14 heavy (non-hydrogen) atoms. The number of aryl methyl sites for hydroxylation is 2. The van der Waals surface area contributed by atoms with Gasteiger partial charge in [0, 0.05) is 5.56 Å².